The summed E-state index contributed by atoms with van der Waals surface area (Å²) in [6.45, 7) is 1.59. The Morgan fingerprint density at radius 3 is 2.24 bits per heavy atom. The average molecular weight is 362 g/mol. The van der Waals surface area contributed by atoms with Gasteiger partial charge in [0.2, 0.25) is 10.0 Å². The van der Waals surface area contributed by atoms with Crippen molar-refractivity contribution >= 4 is 27.3 Å². The maximum Gasteiger partial charge on any atom is 0.258 e. The lowest BCUT2D eigenvalue weighted by atomic mass is 10.1. The van der Waals surface area contributed by atoms with E-state index in [9.17, 15) is 13.2 Å². The Hall–Kier alpha value is -2.54. The van der Waals surface area contributed by atoms with E-state index in [1.165, 1.54) is 16.3 Å². The van der Waals surface area contributed by atoms with Crippen molar-refractivity contribution in [3.05, 3.63) is 54.1 Å². The molecule has 1 amide bonds. The van der Waals surface area contributed by atoms with Crippen molar-refractivity contribution in [1.82, 2.24) is 0 Å². The molecule has 0 aliphatic heterocycles. The Labute approximate surface area is 148 Å². The predicted molar refractivity (Wildman–Crippen MR) is 100 cm³/mol. The number of carbonyl (C=O) groups excluding carboxylic acids is 1. The van der Waals surface area contributed by atoms with Crippen molar-refractivity contribution in [3.8, 4) is 5.75 Å². The van der Waals surface area contributed by atoms with E-state index < -0.39 is 10.0 Å². The zero-order valence-electron chi connectivity index (χ0n) is 14.8. The number of hydrogen-bond acceptors (Lipinski definition) is 4. The van der Waals surface area contributed by atoms with E-state index in [0.29, 0.717) is 22.7 Å². The lowest BCUT2D eigenvalue weighted by Crippen LogP contribution is -2.28. The molecule has 0 aliphatic rings. The third-order valence-corrected chi connectivity index (χ3v) is 5.78. The van der Waals surface area contributed by atoms with Crippen LogP contribution in [0.3, 0.4) is 0 Å². The van der Waals surface area contributed by atoms with Gasteiger partial charge in [0.15, 0.2) is 0 Å². The first-order chi connectivity index (χ1) is 11.8. The lowest BCUT2D eigenvalue weighted by molar-refractivity contribution is 0.0993. The highest BCUT2D eigenvalue weighted by atomic mass is 32.2. The zero-order chi connectivity index (χ0) is 18.6. The van der Waals surface area contributed by atoms with Gasteiger partial charge in [0.1, 0.15) is 5.75 Å². The van der Waals surface area contributed by atoms with Gasteiger partial charge in [-0.2, -0.15) is 0 Å². The Bertz CT molecular complexity index is 848. The SMILES string of the molecule is CCS(=O)(=O)N(C)c1ccc(C(=O)N(C)c2cccc(OC)c2)cc1. The molecule has 6 nitrogen and oxygen atoms in total. The minimum absolute atomic E-state index is 0.0166. The number of rotatable bonds is 6. The molecule has 0 aromatic heterocycles. The van der Waals surface area contributed by atoms with E-state index in [-0.39, 0.29) is 11.7 Å². The fourth-order valence-corrected chi connectivity index (χ4v) is 3.13. The van der Waals surface area contributed by atoms with Crippen LogP contribution in [0.5, 0.6) is 5.75 Å². The van der Waals surface area contributed by atoms with Crippen LogP contribution in [0.15, 0.2) is 48.5 Å². The molecular formula is C18H22N2O4S. The highest BCUT2D eigenvalue weighted by molar-refractivity contribution is 7.92. The van der Waals surface area contributed by atoms with Gasteiger partial charge in [0, 0.05) is 31.4 Å². The van der Waals surface area contributed by atoms with Crippen molar-refractivity contribution in [2.75, 3.05) is 36.2 Å². The third-order valence-electron chi connectivity index (χ3n) is 4.01. The van der Waals surface area contributed by atoms with Crippen LogP contribution in [0.2, 0.25) is 0 Å². The summed E-state index contributed by atoms with van der Waals surface area (Å²) in [4.78, 5) is 14.2. The predicted octanol–water partition coefficient (Wildman–Crippen LogP) is 2.76. The van der Waals surface area contributed by atoms with Gasteiger partial charge < -0.3 is 9.64 Å². The number of sulfonamides is 1. The molecule has 0 saturated carbocycles. The summed E-state index contributed by atoms with van der Waals surface area (Å²) >= 11 is 0. The van der Waals surface area contributed by atoms with Crippen LogP contribution < -0.4 is 13.9 Å². The summed E-state index contributed by atoms with van der Waals surface area (Å²) in [7, 11) is 1.42. The molecule has 0 bridgehead atoms. The van der Waals surface area contributed by atoms with E-state index >= 15 is 0 Å². The van der Waals surface area contributed by atoms with E-state index in [1.807, 2.05) is 12.1 Å². The number of methoxy groups -OCH3 is 1. The van der Waals surface area contributed by atoms with Crippen LogP contribution in [-0.4, -0.2) is 41.3 Å². The number of hydrogen-bond donors (Lipinski definition) is 0. The highest BCUT2D eigenvalue weighted by Gasteiger charge is 2.18. The van der Waals surface area contributed by atoms with E-state index in [2.05, 4.69) is 0 Å². The summed E-state index contributed by atoms with van der Waals surface area (Å²) in [5.74, 6) is 0.489. The second-order valence-corrected chi connectivity index (χ2v) is 7.77. The van der Waals surface area contributed by atoms with Crippen molar-refractivity contribution in [1.29, 1.82) is 0 Å². The molecule has 2 aromatic carbocycles. The molecule has 0 heterocycles. The van der Waals surface area contributed by atoms with Gasteiger partial charge in [0.25, 0.3) is 5.91 Å². The smallest absolute Gasteiger partial charge is 0.258 e. The van der Waals surface area contributed by atoms with Crippen molar-refractivity contribution in [2.45, 2.75) is 6.92 Å². The van der Waals surface area contributed by atoms with Gasteiger partial charge in [-0.05, 0) is 43.3 Å². The highest BCUT2D eigenvalue weighted by Crippen LogP contribution is 2.23. The molecule has 25 heavy (non-hydrogen) atoms. The summed E-state index contributed by atoms with van der Waals surface area (Å²) in [5, 5.41) is 0. The molecule has 0 aliphatic carbocycles. The first-order valence-electron chi connectivity index (χ1n) is 7.79. The molecule has 0 atom stereocenters. The van der Waals surface area contributed by atoms with E-state index in [0.717, 1.165) is 0 Å². The summed E-state index contributed by atoms with van der Waals surface area (Å²) < 4.78 is 30.2. The Morgan fingerprint density at radius 2 is 1.68 bits per heavy atom. The second kappa shape index (κ2) is 7.57. The minimum atomic E-state index is -3.33. The van der Waals surface area contributed by atoms with Crippen LogP contribution in [0, 0.1) is 0 Å². The van der Waals surface area contributed by atoms with Crippen LogP contribution in [0.4, 0.5) is 11.4 Å². The monoisotopic (exact) mass is 362 g/mol. The summed E-state index contributed by atoms with van der Waals surface area (Å²) in [5.41, 5.74) is 1.69. The number of amides is 1. The molecule has 2 rings (SSSR count). The van der Waals surface area contributed by atoms with Crippen LogP contribution in [0.1, 0.15) is 17.3 Å². The normalized spacial score (nSPS) is 11.0. The molecule has 0 unspecified atom stereocenters. The molecular weight excluding hydrogens is 340 g/mol. The third kappa shape index (κ3) is 4.11. The zero-order valence-corrected chi connectivity index (χ0v) is 15.6. The van der Waals surface area contributed by atoms with E-state index in [4.69, 9.17) is 4.74 Å². The van der Waals surface area contributed by atoms with E-state index in [1.54, 1.807) is 57.5 Å². The van der Waals surface area contributed by atoms with Crippen molar-refractivity contribution in [3.63, 3.8) is 0 Å². The Kier molecular flexibility index (Phi) is 5.69. The van der Waals surface area contributed by atoms with Crippen molar-refractivity contribution in [2.24, 2.45) is 0 Å². The quantitative estimate of drug-likeness (QED) is 0.792. The fraction of sp³-hybridized carbons (Fsp3) is 0.278. The molecule has 0 spiro atoms. The molecule has 0 saturated heterocycles. The fourth-order valence-electron chi connectivity index (χ4n) is 2.30. The number of anilines is 2. The first kappa shape index (κ1) is 18.8. The average Bonchev–Trinajstić information content (AvgIpc) is 2.66. The Morgan fingerprint density at radius 1 is 1.04 bits per heavy atom. The molecule has 134 valence electrons. The molecule has 2 aromatic rings. The van der Waals surface area contributed by atoms with Gasteiger partial charge >= 0.3 is 0 Å². The van der Waals surface area contributed by atoms with Crippen LogP contribution >= 0.6 is 0 Å². The lowest BCUT2D eigenvalue weighted by Gasteiger charge is -2.20. The minimum Gasteiger partial charge on any atom is -0.497 e. The van der Waals surface area contributed by atoms with Gasteiger partial charge in [-0.1, -0.05) is 6.07 Å². The van der Waals surface area contributed by atoms with Crippen molar-refractivity contribution < 1.29 is 17.9 Å². The molecule has 0 fully saturated rings. The number of benzene rings is 2. The molecule has 0 N–H and O–H groups in total. The van der Waals surface area contributed by atoms with Gasteiger partial charge in [0.05, 0.1) is 18.6 Å². The maximum absolute atomic E-state index is 12.6. The first-order valence-corrected chi connectivity index (χ1v) is 9.40. The Balaban J connectivity index is 2.22. The number of carbonyl (C=O) groups is 1. The summed E-state index contributed by atoms with van der Waals surface area (Å²) in [6.07, 6.45) is 0. The van der Waals surface area contributed by atoms with Crippen LogP contribution in [0.25, 0.3) is 0 Å². The largest absolute Gasteiger partial charge is 0.497 e. The molecule has 0 radical (unpaired) electrons. The van der Waals surface area contributed by atoms with Gasteiger partial charge in [-0.15, -0.1) is 0 Å². The second-order valence-electron chi connectivity index (χ2n) is 5.48. The number of nitrogens with zero attached hydrogens (tertiary/aromatic N) is 2. The maximum atomic E-state index is 12.6. The van der Waals surface area contributed by atoms with Gasteiger partial charge in [-0.25, -0.2) is 8.42 Å². The van der Waals surface area contributed by atoms with Gasteiger partial charge in [-0.3, -0.25) is 9.10 Å². The number of ether oxygens (including phenoxy) is 1. The summed E-state index contributed by atoms with van der Waals surface area (Å²) in [6, 6.07) is 13.7. The standard InChI is InChI=1S/C18H22N2O4S/c1-5-25(22,23)20(3)15-11-9-14(10-12-15)18(21)19(2)16-7-6-8-17(13-16)24-4/h6-13H,5H2,1-4H3. The molecule has 7 heteroatoms. The topological polar surface area (TPSA) is 66.9 Å². The van der Waals surface area contributed by atoms with Crippen LogP contribution in [-0.2, 0) is 10.0 Å².